The molecule has 0 aliphatic carbocycles. The summed E-state index contributed by atoms with van der Waals surface area (Å²) in [6, 6.07) is 5.38. The molecule has 5 heteroatoms. The van der Waals surface area contributed by atoms with E-state index in [0.717, 1.165) is 11.1 Å². The molecule has 1 atom stereocenters. The molecule has 1 unspecified atom stereocenters. The van der Waals surface area contributed by atoms with Gasteiger partial charge in [-0.3, -0.25) is 9.59 Å². The number of carbonyl (C=O) groups excluding carboxylic acids is 2. The van der Waals surface area contributed by atoms with Crippen LogP contribution in [-0.2, 0) is 9.53 Å². The van der Waals surface area contributed by atoms with Crippen LogP contribution in [-0.4, -0.2) is 38.1 Å². The van der Waals surface area contributed by atoms with Gasteiger partial charge >= 0.3 is 0 Å². The summed E-state index contributed by atoms with van der Waals surface area (Å²) in [5, 5.41) is 5.33. The first-order valence-corrected chi connectivity index (χ1v) is 6.57. The maximum atomic E-state index is 11.9. The van der Waals surface area contributed by atoms with E-state index in [4.69, 9.17) is 4.74 Å². The van der Waals surface area contributed by atoms with Crippen molar-refractivity contribution in [3.05, 3.63) is 34.9 Å². The lowest BCUT2D eigenvalue weighted by atomic mass is 10.1. The van der Waals surface area contributed by atoms with E-state index >= 15 is 0 Å². The minimum Gasteiger partial charge on any atom is -0.383 e. The fourth-order valence-corrected chi connectivity index (χ4v) is 1.76. The second kappa shape index (κ2) is 7.65. The van der Waals surface area contributed by atoms with Crippen LogP contribution in [0.2, 0.25) is 0 Å². The Balaban J connectivity index is 2.46. The second-order valence-corrected chi connectivity index (χ2v) is 4.91. The fourth-order valence-electron chi connectivity index (χ4n) is 1.76. The molecule has 0 aromatic heterocycles. The van der Waals surface area contributed by atoms with Gasteiger partial charge in [-0.25, -0.2) is 0 Å². The van der Waals surface area contributed by atoms with Crippen molar-refractivity contribution in [1.29, 1.82) is 0 Å². The van der Waals surface area contributed by atoms with Gasteiger partial charge in [0, 0.05) is 18.7 Å². The van der Waals surface area contributed by atoms with E-state index < -0.39 is 0 Å². The van der Waals surface area contributed by atoms with Crippen molar-refractivity contribution >= 4 is 11.8 Å². The van der Waals surface area contributed by atoms with Gasteiger partial charge in [0.05, 0.1) is 13.2 Å². The lowest BCUT2D eigenvalue weighted by molar-refractivity contribution is -0.121. The summed E-state index contributed by atoms with van der Waals surface area (Å²) in [6.07, 6.45) is 0. The van der Waals surface area contributed by atoms with Gasteiger partial charge in [-0.2, -0.15) is 0 Å². The van der Waals surface area contributed by atoms with Gasteiger partial charge in [0.1, 0.15) is 0 Å². The average Bonchev–Trinajstić information content (AvgIpc) is 2.39. The first-order chi connectivity index (χ1) is 9.43. The number of rotatable bonds is 6. The third kappa shape index (κ3) is 5.01. The Kier molecular flexibility index (Phi) is 6.18. The minimum atomic E-state index is -0.248. The molecule has 2 amide bonds. The smallest absolute Gasteiger partial charge is 0.251 e. The summed E-state index contributed by atoms with van der Waals surface area (Å²) < 4.78 is 4.92. The molecule has 0 saturated heterocycles. The molecule has 0 heterocycles. The van der Waals surface area contributed by atoms with Crippen molar-refractivity contribution < 1.29 is 14.3 Å². The average molecular weight is 278 g/mol. The van der Waals surface area contributed by atoms with Gasteiger partial charge in [-0.05, 0) is 44.0 Å². The zero-order valence-electron chi connectivity index (χ0n) is 12.4. The Bertz CT molecular complexity index is 486. The Morgan fingerprint density at radius 3 is 2.55 bits per heavy atom. The molecule has 0 fully saturated rings. The number of carbonyl (C=O) groups is 2. The molecule has 0 aliphatic heterocycles. The van der Waals surface area contributed by atoms with Crippen LogP contribution in [0.4, 0.5) is 0 Å². The molecule has 0 saturated carbocycles. The summed E-state index contributed by atoms with van der Waals surface area (Å²) in [5.74, 6) is -0.477. The molecule has 0 bridgehead atoms. The van der Waals surface area contributed by atoms with E-state index in [0.29, 0.717) is 12.2 Å². The van der Waals surface area contributed by atoms with Crippen molar-refractivity contribution in [3.63, 3.8) is 0 Å². The largest absolute Gasteiger partial charge is 0.383 e. The zero-order chi connectivity index (χ0) is 15.1. The van der Waals surface area contributed by atoms with Crippen LogP contribution in [0, 0.1) is 13.8 Å². The third-order valence-electron chi connectivity index (χ3n) is 3.00. The van der Waals surface area contributed by atoms with E-state index in [1.165, 1.54) is 0 Å². The van der Waals surface area contributed by atoms with Gasteiger partial charge in [0.15, 0.2) is 0 Å². The highest BCUT2D eigenvalue weighted by atomic mass is 16.5. The van der Waals surface area contributed by atoms with Crippen LogP contribution in [0.15, 0.2) is 18.2 Å². The van der Waals surface area contributed by atoms with Crippen LogP contribution >= 0.6 is 0 Å². The minimum absolute atomic E-state index is 0.0419. The molecule has 20 heavy (non-hydrogen) atoms. The summed E-state index contributed by atoms with van der Waals surface area (Å²) in [4.78, 5) is 23.5. The summed E-state index contributed by atoms with van der Waals surface area (Å²) >= 11 is 0. The van der Waals surface area contributed by atoms with Gasteiger partial charge < -0.3 is 15.4 Å². The highest BCUT2D eigenvalue weighted by Crippen LogP contribution is 2.09. The normalized spacial score (nSPS) is 11.8. The standard InChI is InChI=1S/C15H22N2O3/c1-10-5-6-13(7-11(10)2)15(19)16-8-14(18)17-12(3)9-20-4/h5-7,12H,8-9H2,1-4H3,(H,16,19)(H,17,18). The molecule has 5 nitrogen and oxygen atoms in total. The maximum Gasteiger partial charge on any atom is 0.251 e. The van der Waals surface area contributed by atoms with Crippen molar-refractivity contribution in [1.82, 2.24) is 10.6 Å². The number of nitrogens with one attached hydrogen (secondary N) is 2. The van der Waals surface area contributed by atoms with Crippen molar-refractivity contribution in [2.24, 2.45) is 0 Å². The molecular formula is C15H22N2O3. The second-order valence-electron chi connectivity index (χ2n) is 4.91. The Morgan fingerprint density at radius 2 is 1.95 bits per heavy atom. The van der Waals surface area contributed by atoms with E-state index in [1.807, 2.05) is 32.9 Å². The molecule has 0 radical (unpaired) electrons. The number of hydrogen-bond donors (Lipinski definition) is 2. The molecule has 0 spiro atoms. The predicted molar refractivity (Wildman–Crippen MR) is 77.7 cm³/mol. The van der Waals surface area contributed by atoms with Gasteiger partial charge in [0.25, 0.3) is 5.91 Å². The lowest BCUT2D eigenvalue weighted by Crippen LogP contribution is -2.42. The van der Waals surface area contributed by atoms with Crippen LogP contribution in [0.1, 0.15) is 28.4 Å². The van der Waals surface area contributed by atoms with Crippen LogP contribution in [0.25, 0.3) is 0 Å². The molecule has 2 N–H and O–H groups in total. The molecule has 1 aromatic carbocycles. The third-order valence-corrected chi connectivity index (χ3v) is 3.00. The van der Waals surface area contributed by atoms with Crippen molar-refractivity contribution in [2.75, 3.05) is 20.3 Å². The van der Waals surface area contributed by atoms with E-state index in [9.17, 15) is 9.59 Å². The number of amides is 2. The Morgan fingerprint density at radius 1 is 1.25 bits per heavy atom. The van der Waals surface area contributed by atoms with Gasteiger partial charge in [-0.1, -0.05) is 6.07 Å². The van der Waals surface area contributed by atoms with Crippen LogP contribution < -0.4 is 10.6 Å². The molecule has 110 valence electrons. The number of methoxy groups -OCH3 is 1. The zero-order valence-corrected chi connectivity index (χ0v) is 12.4. The lowest BCUT2D eigenvalue weighted by Gasteiger charge is -2.13. The number of aryl methyl sites for hydroxylation is 2. The van der Waals surface area contributed by atoms with E-state index in [2.05, 4.69) is 10.6 Å². The fraction of sp³-hybridized carbons (Fsp3) is 0.467. The predicted octanol–water partition coefficient (Wildman–Crippen LogP) is 1.18. The van der Waals surface area contributed by atoms with Crippen LogP contribution in [0.3, 0.4) is 0 Å². The summed E-state index contributed by atoms with van der Waals surface area (Å²) in [5.41, 5.74) is 2.74. The topological polar surface area (TPSA) is 67.4 Å². The van der Waals surface area contributed by atoms with Crippen molar-refractivity contribution in [3.8, 4) is 0 Å². The molecular weight excluding hydrogens is 256 g/mol. The van der Waals surface area contributed by atoms with E-state index in [-0.39, 0.29) is 24.4 Å². The molecule has 1 rings (SSSR count). The highest BCUT2D eigenvalue weighted by molar-refractivity contribution is 5.96. The van der Waals surface area contributed by atoms with Gasteiger partial charge in [0.2, 0.25) is 5.91 Å². The SMILES string of the molecule is COCC(C)NC(=O)CNC(=O)c1ccc(C)c(C)c1. The van der Waals surface area contributed by atoms with Crippen LogP contribution in [0.5, 0.6) is 0 Å². The van der Waals surface area contributed by atoms with E-state index in [1.54, 1.807) is 13.2 Å². The Hall–Kier alpha value is -1.88. The number of benzene rings is 1. The summed E-state index contributed by atoms with van der Waals surface area (Å²) in [7, 11) is 1.57. The van der Waals surface area contributed by atoms with Crippen molar-refractivity contribution in [2.45, 2.75) is 26.8 Å². The maximum absolute atomic E-state index is 11.9. The quantitative estimate of drug-likeness (QED) is 0.821. The summed E-state index contributed by atoms with van der Waals surface area (Å²) in [6.45, 7) is 6.18. The van der Waals surface area contributed by atoms with Gasteiger partial charge in [-0.15, -0.1) is 0 Å². The number of hydrogen-bond acceptors (Lipinski definition) is 3. The Labute approximate surface area is 119 Å². The monoisotopic (exact) mass is 278 g/mol. The highest BCUT2D eigenvalue weighted by Gasteiger charge is 2.10. The first-order valence-electron chi connectivity index (χ1n) is 6.57. The first kappa shape index (κ1) is 16.2. The number of ether oxygens (including phenoxy) is 1. The molecule has 1 aromatic rings. The molecule has 0 aliphatic rings.